The van der Waals surface area contributed by atoms with E-state index in [0.29, 0.717) is 6.04 Å². The lowest BCUT2D eigenvalue weighted by molar-refractivity contribution is 0.515. The second-order valence-electron chi connectivity index (χ2n) is 2.61. The Bertz CT molecular complexity index is 183. The fraction of sp³-hybridized carbons (Fsp3) is 0.571. The van der Waals surface area contributed by atoms with E-state index in [1.165, 1.54) is 5.57 Å². The summed E-state index contributed by atoms with van der Waals surface area (Å²) in [7, 11) is 0. The molecule has 0 aromatic rings. The molecule has 1 atom stereocenters. The van der Waals surface area contributed by atoms with Gasteiger partial charge in [-0.25, -0.2) is 4.99 Å². The van der Waals surface area contributed by atoms with Crippen LogP contribution in [0.5, 0.6) is 0 Å². The number of rotatable bonds is 0. The second kappa shape index (κ2) is 2.42. The molecular weight excluding hydrogens is 126 g/mol. The Balaban J connectivity index is 2.14. The number of nitrogens with zero attached hydrogens (tertiary/aromatic N) is 1. The Morgan fingerprint density at radius 1 is 1.70 bits per heavy atom. The van der Waals surface area contributed by atoms with Gasteiger partial charge in [0, 0.05) is 12.7 Å². The van der Waals surface area contributed by atoms with Gasteiger partial charge in [0.25, 0.3) is 0 Å². The van der Waals surface area contributed by atoms with Crippen molar-refractivity contribution in [3.05, 3.63) is 11.8 Å². The Morgan fingerprint density at radius 2 is 2.70 bits per heavy atom. The molecule has 0 amide bonds. The van der Waals surface area contributed by atoms with E-state index >= 15 is 0 Å². The SMILES string of the molecule is [C]1=NC=C2CNCCC2N1. The summed E-state index contributed by atoms with van der Waals surface area (Å²) in [5, 5.41) is 6.38. The Hall–Kier alpha value is -0.830. The molecule has 0 aromatic heterocycles. The lowest BCUT2D eigenvalue weighted by Gasteiger charge is -2.26. The van der Waals surface area contributed by atoms with Gasteiger partial charge in [-0.05, 0) is 18.5 Å². The van der Waals surface area contributed by atoms with Crippen molar-refractivity contribution >= 4 is 6.34 Å². The van der Waals surface area contributed by atoms with E-state index in [9.17, 15) is 0 Å². The van der Waals surface area contributed by atoms with Gasteiger partial charge in [0.15, 0.2) is 6.34 Å². The molecule has 2 N–H and O–H groups in total. The van der Waals surface area contributed by atoms with E-state index in [4.69, 9.17) is 0 Å². The first-order valence-electron chi connectivity index (χ1n) is 3.57. The third-order valence-corrected chi connectivity index (χ3v) is 1.92. The van der Waals surface area contributed by atoms with E-state index in [2.05, 4.69) is 22.0 Å². The molecule has 2 aliphatic rings. The van der Waals surface area contributed by atoms with Crippen LogP contribution in [-0.4, -0.2) is 25.5 Å². The summed E-state index contributed by atoms with van der Waals surface area (Å²) < 4.78 is 0. The molecule has 3 nitrogen and oxygen atoms in total. The third kappa shape index (κ3) is 0.926. The first-order valence-corrected chi connectivity index (χ1v) is 3.57. The van der Waals surface area contributed by atoms with Crippen LogP contribution in [-0.2, 0) is 0 Å². The number of aliphatic imine (C=N–C) groups is 1. The van der Waals surface area contributed by atoms with Gasteiger partial charge in [0.05, 0.1) is 6.04 Å². The maximum Gasteiger partial charge on any atom is 0.169 e. The summed E-state index contributed by atoms with van der Waals surface area (Å²) in [6, 6.07) is 0.499. The van der Waals surface area contributed by atoms with Gasteiger partial charge in [0.2, 0.25) is 0 Å². The first-order chi connectivity index (χ1) is 4.97. The molecular formula is C7H10N3. The van der Waals surface area contributed by atoms with Crippen LogP contribution < -0.4 is 10.6 Å². The van der Waals surface area contributed by atoms with Gasteiger partial charge < -0.3 is 10.6 Å². The van der Waals surface area contributed by atoms with Gasteiger partial charge in [-0.3, -0.25) is 0 Å². The molecule has 53 valence electrons. The maximum absolute atomic E-state index is 3.90. The normalized spacial score (nSPS) is 30.4. The summed E-state index contributed by atoms with van der Waals surface area (Å²) in [5.41, 5.74) is 1.35. The van der Waals surface area contributed by atoms with Crippen molar-refractivity contribution in [3.8, 4) is 0 Å². The molecule has 0 spiro atoms. The molecule has 0 saturated carbocycles. The minimum absolute atomic E-state index is 0.499. The summed E-state index contributed by atoms with van der Waals surface area (Å²) in [6.07, 6.45) is 5.80. The second-order valence-corrected chi connectivity index (χ2v) is 2.61. The van der Waals surface area contributed by atoms with E-state index in [0.717, 1.165) is 19.5 Å². The van der Waals surface area contributed by atoms with Crippen molar-refractivity contribution in [2.24, 2.45) is 4.99 Å². The van der Waals surface area contributed by atoms with E-state index in [1.807, 2.05) is 6.20 Å². The Morgan fingerprint density at radius 3 is 3.60 bits per heavy atom. The van der Waals surface area contributed by atoms with Crippen LogP contribution in [0.4, 0.5) is 0 Å². The van der Waals surface area contributed by atoms with Crippen molar-refractivity contribution in [3.63, 3.8) is 0 Å². The molecule has 1 fully saturated rings. The largest absolute Gasteiger partial charge is 0.360 e. The van der Waals surface area contributed by atoms with Crippen LogP contribution in [0.1, 0.15) is 6.42 Å². The minimum Gasteiger partial charge on any atom is -0.360 e. The molecule has 0 bridgehead atoms. The van der Waals surface area contributed by atoms with Crippen LogP contribution in [0.15, 0.2) is 16.8 Å². The van der Waals surface area contributed by atoms with Crippen molar-refractivity contribution in [2.75, 3.05) is 13.1 Å². The highest BCUT2D eigenvalue weighted by molar-refractivity contribution is 5.59. The molecule has 1 unspecified atom stereocenters. The van der Waals surface area contributed by atoms with Crippen LogP contribution in [0.3, 0.4) is 0 Å². The van der Waals surface area contributed by atoms with Crippen LogP contribution >= 0.6 is 0 Å². The van der Waals surface area contributed by atoms with Gasteiger partial charge in [0.1, 0.15) is 0 Å². The molecule has 3 heteroatoms. The molecule has 2 heterocycles. The molecule has 10 heavy (non-hydrogen) atoms. The van der Waals surface area contributed by atoms with Crippen LogP contribution in [0.25, 0.3) is 0 Å². The summed E-state index contributed by atoms with van der Waals surface area (Å²) in [5.74, 6) is 0. The molecule has 2 rings (SSSR count). The fourth-order valence-corrected chi connectivity index (χ4v) is 1.32. The number of nitrogens with one attached hydrogen (secondary N) is 2. The number of piperidine rings is 1. The van der Waals surface area contributed by atoms with Crippen molar-refractivity contribution in [2.45, 2.75) is 12.5 Å². The van der Waals surface area contributed by atoms with Gasteiger partial charge in [-0.15, -0.1) is 0 Å². The average molecular weight is 136 g/mol. The average Bonchev–Trinajstić information content (AvgIpc) is 2.05. The molecule has 1 radical (unpaired) electrons. The van der Waals surface area contributed by atoms with E-state index in [1.54, 1.807) is 0 Å². The van der Waals surface area contributed by atoms with Crippen LogP contribution in [0.2, 0.25) is 0 Å². The lowest BCUT2D eigenvalue weighted by Crippen LogP contribution is -2.42. The Kier molecular flexibility index (Phi) is 1.43. The zero-order chi connectivity index (χ0) is 6.81. The van der Waals surface area contributed by atoms with E-state index in [-0.39, 0.29) is 0 Å². The van der Waals surface area contributed by atoms with Gasteiger partial charge >= 0.3 is 0 Å². The fourth-order valence-electron chi connectivity index (χ4n) is 1.32. The number of hydrogen-bond acceptors (Lipinski definition) is 3. The van der Waals surface area contributed by atoms with Crippen LogP contribution in [0, 0.1) is 0 Å². The summed E-state index contributed by atoms with van der Waals surface area (Å²) in [6.45, 7) is 2.07. The predicted octanol–water partition coefficient (Wildman–Crippen LogP) is -0.259. The van der Waals surface area contributed by atoms with Crippen molar-refractivity contribution in [1.82, 2.24) is 10.6 Å². The molecule has 2 aliphatic heterocycles. The number of fused-ring (bicyclic) bond motifs is 1. The highest BCUT2D eigenvalue weighted by Crippen LogP contribution is 2.11. The summed E-state index contributed by atoms with van der Waals surface area (Å²) in [4.78, 5) is 3.90. The van der Waals surface area contributed by atoms with Gasteiger partial charge in [-0.1, -0.05) is 0 Å². The first kappa shape index (κ1) is 5.92. The van der Waals surface area contributed by atoms with Crippen molar-refractivity contribution in [1.29, 1.82) is 0 Å². The Labute approximate surface area is 60.2 Å². The van der Waals surface area contributed by atoms with E-state index < -0.39 is 0 Å². The smallest absolute Gasteiger partial charge is 0.169 e. The highest BCUT2D eigenvalue weighted by Gasteiger charge is 2.18. The standard InChI is InChI=1S/C7H10N3/c1-2-8-3-6-4-9-5-10-7(1)6/h4,7-8H,1-3H2,(H,9,10). The molecule has 1 saturated heterocycles. The molecule has 0 aliphatic carbocycles. The zero-order valence-corrected chi connectivity index (χ0v) is 5.72. The maximum atomic E-state index is 3.90. The highest BCUT2D eigenvalue weighted by atomic mass is 15.0. The predicted molar refractivity (Wildman–Crippen MR) is 39.9 cm³/mol. The molecule has 0 aromatic carbocycles. The lowest BCUT2D eigenvalue weighted by atomic mass is 10.0. The minimum atomic E-state index is 0.499. The van der Waals surface area contributed by atoms with Gasteiger partial charge in [-0.2, -0.15) is 0 Å². The third-order valence-electron chi connectivity index (χ3n) is 1.92. The summed E-state index contributed by atoms with van der Waals surface area (Å²) >= 11 is 0. The zero-order valence-electron chi connectivity index (χ0n) is 5.72. The van der Waals surface area contributed by atoms with Crippen molar-refractivity contribution < 1.29 is 0 Å². The monoisotopic (exact) mass is 136 g/mol. The topological polar surface area (TPSA) is 36.4 Å². The quantitative estimate of drug-likeness (QED) is 0.481. The number of hydrogen-bond donors (Lipinski definition) is 2.